The van der Waals surface area contributed by atoms with Crippen LogP contribution in [0.3, 0.4) is 0 Å². The van der Waals surface area contributed by atoms with Crippen molar-refractivity contribution in [1.29, 1.82) is 0 Å². The zero-order valence-corrected chi connectivity index (χ0v) is 9.48. The van der Waals surface area contributed by atoms with E-state index in [4.69, 9.17) is 4.74 Å². The summed E-state index contributed by atoms with van der Waals surface area (Å²) in [7, 11) is 3.70. The lowest BCUT2D eigenvalue weighted by Crippen LogP contribution is -2.12. The maximum atomic E-state index is 5.38. The highest BCUT2D eigenvalue weighted by molar-refractivity contribution is 5.43. The molecule has 0 saturated heterocycles. The smallest absolute Gasteiger partial charge is 0.122 e. The summed E-state index contributed by atoms with van der Waals surface area (Å²) in [6.45, 7) is 5.22. The Morgan fingerprint density at radius 1 is 1.29 bits per heavy atom. The molecule has 0 fully saturated rings. The van der Waals surface area contributed by atoms with E-state index in [1.54, 1.807) is 7.11 Å². The first kappa shape index (κ1) is 11.1. The number of nitrogens with one attached hydrogen (secondary N) is 1. The predicted molar refractivity (Wildman–Crippen MR) is 60.1 cm³/mol. The molecule has 1 aromatic rings. The normalized spacial score (nSPS) is 10.3. The third kappa shape index (κ3) is 2.48. The Hall–Kier alpha value is -1.02. The monoisotopic (exact) mass is 193 g/mol. The van der Waals surface area contributed by atoms with Crippen LogP contribution in [0, 0.1) is 13.8 Å². The Labute approximate surface area is 86.3 Å². The van der Waals surface area contributed by atoms with Crippen LogP contribution < -0.4 is 10.1 Å². The maximum absolute atomic E-state index is 5.38. The summed E-state index contributed by atoms with van der Waals surface area (Å²) in [5.41, 5.74) is 3.89. The first-order valence-corrected chi connectivity index (χ1v) is 4.97. The van der Waals surface area contributed by atoms with E-state index >= 15 is 0 Å². The number of hydrogen-bond acceptors (Lipinski definition) is 2. The van der Waals surface area contributed by atoms with Gasteiger partial charge in [-0.15, -0.1) is 0 Å². The molecule has 78 valence electrons. The number of aryl methyl sites for hydroxylation is 2. The van der Waals surface area contributed by atoms with E-state index in [1.807, 2.05) is 7.05 Å². The van der Waals surface area contributed by atoms with Gasteiger partial charge in [-0.05, 0) is 56.6 Å². The third-order valence-corrected chi connectivity index (χ3v) is 2.42. The highest BCUT2D eigenvalue weighted by Gasteiger charge is 2.06. The van der Waals surface area contributed by atoms with Gasteiger partial charge in [0, 0.05) is 0 Å². The van der Waals surface area contributed by atoms with Crippen LogP contribution in [0.15, 0.2) is 12.1 Å². The topological polar surface area (TPSA) is 21.3 Å². The molecule has 1 rings (SSSR count). The Balaban J connectivity index is 2.99. The molecule has 0 aliphatic rings. The van der Waals surface area contributed by atoms with E-state index in [9.17, 15) is 0 Å². The SMILES string of the molecule is CNCCc1c(C)cc(C)cc1OC. The molecule has 0 bridgehead atoms. The first-order valence-electron chi connectivity index (χ1n) is 4.97. The van der Waals surface area contributed by atoms with Gasteiger partial charge in [-0.25, -0.2) is 0 Å². The molecule has 0 aliphatic heterocycles. The lowest BCUT2D eigenvalue weighted by atomic mass is 10.0. The Bertz CT molecular complexity index is 307. The molecule has 2 nitrogen and oxygen atoms in total. The van der Waals surface area contributed by atoms with Crippen molar-refractivity contribution in [1.82, 2.24) is 5.32 Å². The number of hydrogen-bond donors (Lipinski definition) is 1. The van der Waals surface area contributed by atoms with E-state index in [2.05, 4.69) is 31.3 Å². The van der Waals surface area contributed by atoms with Crippen molar-refractivity contribution in [3.05, 3.63) is 28.8 Å². The molecule has 1 aromatic carbocycles. The number of rotatable bonds is 4. The zero-order chi connectivity index (χ0) is 10.6. The molecule has 0 spiro atoms. The van der Waals surface area contributed by atoms with E-state index < -0.39 is 0 Å². The van der Waals surface area contributed by atoms with Crippen molar-refractivity contribution in [2.75, 3.05) is 20.7 Å². The van der Waals surface area contributed by atoms with E-state index in [0.29, 0.717) is 0 Å². The van der Waals surface area contributed by atoms with Gasteiger partial charge in [-0.3, -0.25) is 0 Å². The molecule has 1 N–H and O–H groups in total. The van der Waals surface area contributed by atoms with Crippen molar-refractivity contribution >= 4 is 0 Å². The van der Waals surface area contributed by atoms with Crippen molar-refractivity contribution in [2.24, 2.45) is 0 Å². The van der Waals surface area contributed by atoms with Crippen LogP contribution in [0.1, 0.15) is 16.7 Å². The second kappa shape index (κ2) is 5.01. The van der Waals surface area contributed by atoms with Gasteiger partial charge >= 0.3 is 0 Å². The number of benzene rings is 1. The average molecular weight is 193 g/mol. The largest absolute Gasteiger partial charge is 0.496 e. The summed E-state index contributed by atoms with van der Waals surface area (Å²) < 4.78 is 5.38. The van der Waals surface area contributed by atoms with Gasteiger partial charge < -0.3 is 10.1 Å². The van der Waals surface area contributed by atoms with Crippen LogP contribution in [0.25, 0.3) is 0 Å². The Morgan fingerprint density at radius 2 is 2.00 bits per heavy atom. The minimum absolute atomic E-state index is 0.986. The zero-order valence-electron chi connectivity index (χ0n) is 9.48. The molecule has 0 aromatic heterocycles. The van der Waals surface area contributed by atoms with Crippen molar-refractivity contribution in [3.63, 3.8) is 0 Å². The van der Waals surface area contributed by atoms with Gasteiger partial charge in [0.15, 0.2) is 0 Å². The van der Waals surface area contributed by atoms with Gasteiger partial charge in [-0.1, -0.05) is 6.07 Å². The summed E-state index contributed by atoms with van der Waals surface area (Å²) in [4.78, 5) is 0. The summed E-state index contributed by atoms with van der Waals surface area (Å²) in [5, 5.41) is 3.15. The van der Waals surface area contributed by atoms with Gasteiger partial charge in [-0.2, -0.15) is 0 Å². The Kier molecular flexibility index (Phi) is 3.96. The minimum atomic E-state index is 0.986. The second-order valence-corrected chi connectivity index (χ2v) is 3.62. The van der Waals surface area contributed by atoms with Gasteiger partial charge in [0.25, 0.3) is 0 Å². The molecule has 0 saturated carbocycles. The number of likely N-dealkylation sites (N-methyl/N-ethyl adjacent to an activating group) is 1. The summed E-state index contributed by atoms with van der Waals surface area (Å²) in [5.74, 6) is 1.01. The molecule has 14 heavy (non-hydrogen) atoms. The molecule has 0 atom stereocenters. The summed E-state index contributed by atoms with van der Waals surface area (Å²) >= 11 is 0. The minimum Gasteiger partial charge on any atom is -0.496 e. The molecule has 0 amide bonds. The van der Waals surface area contributed by atoms with Gasteiger partial charge in [0.05, 0.1) is 7.11 Å². The average Bonchev–Trinajstić information content (AvgIpc) is 2.15. The standard InChI is InChI=1S/C12H19NO/c1-9-7-10(2)11(5-6-13-3)12(8-9)14-4/h7-8,13H,5-6H2,1-4H3. The summed E-state index contributed by atoms with van der Waals surface area (Å²) in [6, 6.07) is 4.30. The molecular formula is C12H19NO. The first-order chi connectivity index (χ1) is 6.69. The predicted octanol–water partition coefficient (Wildman–Crippen LogP) is 2.07. The molecule has 0 radical (unpaired) electrons. The van der Waals surface area contributed by atoms with Crippen LogP contribution in [-0.2, 0) is 6.42 Å². The number of ether oxygens (including phenoxy) is 1. The highest BCUT2D eigenvalue weighted by atomic mass is 16.5. The van der Waals surface area contributed by atoms with E-state index in [-0.39, 0.29) is 0 Å². The summed E-state index contributed by atoms with van der Waals surface area (Å²) in [6.07, 6.45) is 1.02. The van der Waals surface area contributed by atoms with E-state index in [1.165, 1.54) is 16.7 Å². The van der Waals surface area contributed by atoms with Crippen LogP contribution in [0.5, 0.6) is 5.75 Å². The molecule has 0 heterocycles. The molecule has 0 aliphatic carbocycles. The molecule has 0 unspecified atom stereocenters. The molecular weight excluding hydrogens is 174 g/mol. The lowest BCUT2D eigenvalue weighted by molar-refractivity contribution is 0.408. The second-order valence-electron chi connectivity index (χ2n) is 3.62. The fraction of sp³-hybridized carbons (Fsp3) is 0.500. The van der Waals surface area contributed by atoms with Gasteiger partial charge in [0.1, 0.15) is 5.75 Å². The van der Waals surface area contributed by atoms with Crippen molar-refractivity contribution in [2.45, 2.75) is 20.3 Å². The van der Waals surface area contributed by atoms with Crippen molar-refractivity contribution < 1.29 is 4.74 Å². The molecule has 2 heteroatoms. The van der Waals surface area contributed by atoms with Crippen LogP contribution in [0.4, 0.5) is 0 Å². The third-order valence-electron chi connectivity index (χ3n) is 2.42. The van der Waals surface area contributed by atoms with E-state index in [0.717, 1.165) is 18.7 Å². The van der Waals surface area contributed by atoms with Gasteiger partial charge in [0.2, 0.25) is 0 Å². The van der Waals surface area contributed by atoms with Crippen molar-refractivity contribution in [3.8, 4) is 5.75 Å². The van der Waals surface area contributed by atoms with Crippen LogP contribution in [-0.4, -0.2) is 20.7 Å². The lowest BCUT2D eigenvalue weighted by Gasteiger charge is -2.12. The van der Waals surface area contributed by atoms with Crippen LogP contribution >= 0.6 is 0 Å². The fourth-order valence-electron chi connectivity index (χ4n) is 1.71. The Morgan fingerprint density at radius 3 is 2.57 bits per heavy atom. The number of methoxy groups -OCH3 is 1. The fourth-order valence-corrected chi connectivity index (χ4v) is 1.71. The maximum Gasteiger partial charge on any atom is 0.122 e. The highest BCUT2D eigenvalue weighted by Crippen LogP contribution is 2.24. The quantitative estimate of drug-likeness (QED) is 0.790. The van der Waals surface area contributed by atoms with Crippen LogP contribution in [0.2, 0.25) is 0 Å².